The maximum Gasteiger partial charge on any atom is 0.419 e. The SMILES string of the molecule is Cn1c(=O)oc2ccc(-c3ccc4oc(CC(C#N)NC(=O)C5CNCCCO5)c(F)c4c3)cc21. The van der Waals surface area contributed by atoms with Crippen molar-refractivity contribution in [3.05, 3.63) is 58.5 Å². The molecule has 9 nitrogen and oxygen atoms in total. The number of carbonyl (C=O) groups excluding carboxylic acids is 1. The van der Waals surface area contributed by atoms with E-state index >= 15 is 4.39 Å². The molecule has 4 aromatic rings. The number of amides is 1. The van der Waals surface area contributed by atoms with Gasteiger partial charge in [-0.05, 0) is 48.4 Å². The van der Waals surface area contributed by atoms with Crippen LogP contribution in [0.1, 0.15) is 12.2 Å². The van der Waals surface area contributed by atoms with Crippen LogP contribution in [-0.4, -0.2) is 42.3 Å². The first-order valence-corrected chi connectivity index (χ1v) is 11.3. The van der Waals surface area contributed by atoms with Gasteiger partial charge in [0.25, 0.3) is 5.91 Å². The third-order valence-electron chi connectivity index (χ3n) is 6.12. The normalized spacial score (nSPS) is 17.2. The van der Waals surface area contributed by atoms with Crippen molar-refractivity contribution < 1.29 is 22.8 Å². The highest BCUT2D eigenvalue weighted by molar-refractivity contribution is 5.87. The molecular weight excluding hydrogens is 455 g/mol. The Labute approximate surface area is 199 Å². The third-order valence-corrected chi connectivity index (χ3v) is 6.12. The first kappa shape index (κ1) is 22.8. The van der Waals surface area contributed by atoms with Gasteiger partial charge < -0.3 is 24.2 Å². The standard InChI is InChI=1S/C25H23FN4O5/c1-30-18-10-15(4-6-20(18)35-25(30)32)14-3-5-19-17(9-14)23(26)21(34-19)11-16(12-27)29-24(31)22-13-28-7-2-8-33-22/h3-6,9-10,16,22,28H,2,7-8,11,13H2,1H3,(H,29,31). The summed E-state index contributed by atoms with van der Waals surface area (Å²) in [7, 11) is 1.62. The largest absolute Gasteiger partial charge is 0.458 e. The van der Waals surface area contributed by atoms with Crippen LogP contribution < -0.4 is 16.4 Å². The predicted octanol–water partition coefficient (Wildman–Crippen LogP) is 2.61. The van der Waals surface area contributed by atoms with Gasteiger partial charge in [0.2, 0.25) is 0 Å². The summed E-state index contributed by atoms with van der Waals surface area (Å²) < 4.78 is 33.0. The van der Waals surface area contributed by atoms with Gasteiger partial charge in [-0.15, -0.1) is 0 Å². The molecule has 0 radical (unpaired) electrons. The Bertz CT molecular complexity index is 1500. The molecule has 0 spiro atoms. The summed E-state index contributed by atoms with van der Waals surface area (Å²) in [5.41, 5.74) is 2.92. The average molecular weight is 478 g/mol. The fourth-order valence-corrected chi connectivity index (χ4v) is 4.20. The number of oxazole rings is 1. The van der Waals surface area contributed by atoms with Crippen molar-refractivity contribution in [1.82, 2.24) is 15.2 Å². The molecule has 5 rings (SSSR count). The molecule has 0 bridgehead atoms. The molecule has 2 unspecified atom stereocenters. The topological polar surface area (TPSA) is 122 Å². The highest BCUT2D eigenvalue weighted by Crippen LogP contribution is 2.31. The van der Waals surface area contributed by atoms with Crippen molar-refractivity contribution in [2.75, 3.05) is 19.7 Å². The maximum absolute atomic E-state index is 15.3. The minimum absolute atomic E-state index is 0.0170. The average Bonchev–Trinajstić information content (AvgIpc) is 3.17. The van der Waals surface area contributed by atoms with Crippen LogP contribution in [0, 0.1) is 17.1 Å². The molecule has 180 valence electrons. The molecule has 0 saturated carbocycles. The molecule has 10 heteroatoms. The Morgan fingerprint density at radius 3 is 2.83 bits per heavy atom. The second kappa shape index (κ2) is 9.37. The van der Waals surface area contributed by atoms with Gasteiger partial charge in [-0.2, -0.15) is 5.26 Å². The number of nitrogens with one attached hydrogen (secondary N) is 2. The molecule has 1 amide bonds. The van der Waals surface area contributed by atoms with Crippen molar-refractivity contribution in [2.24, 2.45) is 7.05 Å². The van der Waals surface area contributed by atoms with Crippen LogP contribution in [0.4, 0.5) is 4.39 Å². The highest BCUT2D eigenvalue weighted by Gasteiger charge is 2.25. The van der Waals surface area contributed by atoms with Crippen molar-refractivity contribution in [3.8, 4) is 17.2 Å². The molecule has 3 heterocycles. The number of benzene rings is 2. The van der Waals surface area contributed by atoms with Crippen LogP contribution in [0.15, 0.2) is 50.0 Å². The molecule has 2 N–H and O–H groups in total. The molecule has 2 atom stereocenters. The zero-order valence-corrected chi connectivity index (χ0v) is 19.0. The molecule has 1 aliphatic rings. The Kier molecular flexibility index (Phi) is 6.11. The summed E-state index contributed by atoms with van der Waals surface area (Å²) in [5.74, 6) is -1.48. The highest BCUT2D eigenvalue weighted by atomic mass is 19.1. The summed E-state index contributed by atoms with van der Waals surface area (Å²) >= 11 is 0. The van der Waals surface area contributed by atoms with Crippen LogP contribution in [0.2, 0.25) is 0 Å². The van der Waals surface area contributed by atoms with E-state index in [1.807, 2.05) is 6.07 Å². The first-order chi connectivity index (χ1) is 16.9. The van der Waals surface area contributed by atoms with E-state index in [1.54, 1.807) is 43.4 Å². The zero-order valence-electron chi connectivity index (χ0n) is 19.0. The van der Waals surface area contributed by atoms with E-state index < -0.39 is 29.6 Å². The summed E-state index contributed by atoms with van der Waals surface area (Å²) in [6, 6.07) is 11.4. The molecule has 2 aromatic heterocycles. The van der Waals surface area contributed by atoms with E-state index in [2.05, 4.69) is 10.6 Å². The Morgan fingerprint density at radius 2 is 2.03 bits per heavy atom. The first-order valence-electron chi connectivity index (χ1n) is 11.3. The van der Waals surface area contributed by atoms with Crippen LogP contribution in [0.25, 0.3) is 33.2 Å². The third kappa shape index (κ3) is 4.43. The molecular formula is C25H23FN4O5. The number of carbonyl (C=O) groups is 1. The number of rotatable bonds is 5. The lowest BCUT2D eigenvalue weighted by molar-refractivity contribution is -0.132. The maximum atomic E-state index is 15.3. The minimum Gasteiger partial charge on any atom is -0.458 e. The lowest BCUT2D eigenvalue weighted by atomic mass is 10.0. The Balaban J connectivity index is 1.38. The molecule has 35 heavy (non-hydrogen) atoms. The number of furan rings is 1. The summed E-state index contributed by atoms with van der Waals surface area (Å²) in [6.07, 6.45) is -0.0315. The van der Waals surface area contributed by atoms with E-state index in [0.717, 1.165) is 24.1 Å². The van der Waals surface area contributed by atoms with Crippen LogP contribution in [0.3, 0.4) is 0 Å². The number of halogens is 1. The second-order valence-corrected chi connectivity index (χ2v) is 8.47. The van der Waals surface area contributed by atoms with Crippen LogP contribution in [0.5, 0.6) is 0 Å². The Hall–Kier alpha value is -3.94. The van der Waals surface area contributed by atoms with Gasteiger partial charge in [0.1, 0.15) is 23.5 Å². The van der Waals surface area contributed by atoms with Crippen LogP contribution in [-0.2, 0) is 23.0 Å². The summed E-state index contributed by atoms with van der Waals surface area (Å²) in [5, 5.41) is 15.5. The molecule has 1 saturated heterocycles. The van der Waals surface area contributed by atoms with Gasteiger partial charge in [-0.1, -0.05) is 12.1 Å². The fraction of sp³-hybridized carbons (Fsp3) is 0.320. The van der Waals surface area contributed by atoms with Crippen molar-refractivity contribution in [2.45, 2.75) is 25.0 Å². The van der Waals surface area contributed by atoms with E-state index in [0.29, 0.717) is 29.8 Å². The zero-order chi connectivity index (χ0) is 24.5. The Morgan fingerprint density at radius 1 is 1.26 bits per heavy atom. The molecule has 1 aliphatic heterocycles. The lowest BCUT2D eigenvalue weighted by Gasteiger charge is -2.17. The number of hydrogen-bond acceptors (Lipinski definition) is 7. The van der Waals surface area contributed by atoms with Gasteiger partial charge in [0.05, 0.1) is 17.0 Å². The van der Waals surface area contributed by atoms with Gasteiger partial charge in [-0.3, -0.25) is 9.36 Å². The summed E-state index contributed by atoms with van der Waals surface area (Å²) in [6.45, 7) is 1.56. The number of nitrogens with zero attached hydrogens (tertiary/aromatic N) is 2. The second-order valence-electron chi connectivity index (χ2n) is 8.47. The number of aromatic nitrogens is 1. The van der Waals surface area contributed by atoms with Gasteiger partial charge >= 0.3 is 5.76 Å². The van der Waals surface area contributed by atoms with E-state index in [9.17, 15) is 14.9 Å². The number of fused-ring (bicyclic) bond motifs is 2. The molecule has 0 aliphatic carbocycles. The number of nitriles is 1. The number of ether oxygens (including phenoxy) is 1. The smallest absolute Gasteiger partial charge is 0.419 e. The number of aryl methyl sites for hydroxylation is 1. The monoisotopic (exact) mass is 478 g/mol. The number of hydrogen-bond donors (Lipinski definition) is 2. The molecule has 1 fully saturated rings. The van der Waals surface area contributed by atoms with E-state index in [1.165, 1.54) is 4.57 Å². The summed E-state index contributed by atoms with van der Waals surface area (Å²) in [4.78, 5) is 24.3. The van der Waals surface area contributed by atoms with Crippen molar-refractivity contribution in [3.63, 3.8) is 0 Å². The van der Waals surface area contributed by atoms with E-state index in [-0.39, 0.29) is 17.6 Å². The van der Waals surface area contributed by atoms with E-state index in [4.69, 9.17) is 13.6 Å². The predicted molar refractivity (Wildman–Crippen MR) is 125 cm³/mol. The minimum atomic E-state index is -0.978. The van der Waals surface area contributed by atoms with Gasteiger partial charge in [0, 0.05) is 26.6 Å². The van der Waals surface area contributed by atoms with Crippen molar-refractivity contribution in [1.29, 1.82) is 5.26 Å². The molecule has 2 aromatic carbocycles. The van der Waals surface area contributed by atoms with Crippen LogP contribution >= 0.6 is 0 Å². The van der Waals surface area contributed by atoms with Gasteiger partial charge in [0.15, 0.2) is 11.4 Å². The lowest BCUT2D eigenvalue weighted by Crippen LogP contribution is -2.46. The van der Waals surface area contributed by atoms with Crippen molar-refractivity contribution >= 4 is 28.0 Å². The van der Waals surface area contributed by atoms with Gasteiger partial charge in [-0.25, -0.2) is 9.18 Å². The fourth-order valence-electron chi connectivity index (χ4n) is 4.20. The quantitative estimate of drug-likeness (QED) is 0.452.